The molecular weight excluding hydrogens is 1280 g/mol. The number of benzene rings is 3. The first-order chi connectivity index (χ1) is 47.3. The third kappa shape index (κ3) is 14.7. The number of aromatic nitrogens is 19. The van der Waals surface area contributed by atoms with Crippen LogP contribution < -0.4 is 0 Å². The number of nitrogens with zero attached hydrogens (tertiary/aromatic N) is 20. The van der Waals surface area contributed by atoms with Gasteiger partial charge in [-0.25, -0.2) is 34.0 Å². The van der Waals surface area contributed by atoms with Gasteiger partial charge in [0.15, 0.2) is 39.8 Å². The van der Waals surface area contributed by atoms with Crippen LogP contribution in [0.3, 0.4) is 0 Å². The number of Topliss-reactive ketones (excluding diaryl/α,β-unsaturated/α-hetero) is 3. The molecule has 0 saturated carbocycles. The molecule has 3 aliphatic rings. The lowest BCUT2D eigenvalue weighted by Gasteiger charge is -2.21. The number of ether oxygens (including phenoxy) is 1. The number of hydrogen-bond acceptors (Lipinski definition) is 20. The van der Waals surface area contributed by atoms with Crippen molar-refractivity contribution in [1.29, 1.82) is 0 Å². The second-order valence-corrected chi connectivity index (χ2v) is 27.3. The normalized spacial score (nSPS) is 15.5. The maximum Gasteiger partial charge on any atom is 0.281 e. The highest BCUT2D eigenvalue weighted by atomic mass is 32.1. The number of aryl methyl sites for hydroxylation is 8. The van der Waals surface area contributed by atoms with E-state index in [-0.39, 0.29) is 35.1 Å². The lowest BCUT2D eigenvalue weighted by atomic mass is 9.91. The molecule has 12 aromatic rings. The molecule has 27 heteroatoms. The molecule has 0 aliphatic carbocycles. The summed E-state index contributed by atoms with van der Waals surface area (Å²) in [6.45, 7) is 16.9. The van der Waals surface area contributed by atoms with Gasteiger partial charge in [0.2, 0.25) is 5.01 Å². The Labute approximate surface area is 572 Å². The Bertz CT molecular complexity index is 4790. The van der Waals surface area contributed by atoms with Gasteiger partial charge in [-0.1, -0.05) is 116 Å². The molecule has 0 radical (unpaired) electrons. The second kappa shape index (κ2) is 29.5. The van der Waals surface area contributed by atoms with Crippen molar-refractivity contribution in [2.45, 2.75) is 111 Å². The van der Waals surface area contributed by atoms with Crippen molar-refractivity contribution in [3.05, 3.63) is 177 Å². The van der Waals surface area contributed by atoms with Crippen molar-refractivity contribution in [2.24, 2.45) is 38.9 Å². The summed E-state index contributed by atoms with van der Waals surface area (Å²) in [5, 5.41) is 40.3. The highest BCUT2D eigenvalue weighted by Gasteiger charge is 2.32. The molecule has 0 N–H and O–H groups in total. The summed E-state index contributed by atoms with van der Waals surface area (Å²) < 4.78 is 16.4. The number of rotatable bonds is 20. The zero-order chi connectivity index (χ0) is 67.1. The quantitative estimate of drug-likeness (QED) is 0.0390. The fourth-order valence-corrected chi connectivity index (χ4v) is 15.2. The average Bonchev–Trinajstić information content (AvgIpc) is 1.69. The minimum absolute atomic E-state index is 0.0378. The monoisotopic (exact) mass is 1350 g/mol. The summed E-state index contributed by atoms with van der Waals surface area (Å²) in [7, 11) is 5.41. The van der Waals surface area contributed by atoms with Crippen LogP contribution in [0.2, 0.25) is 0 Å². The van der Waals surface area contributed by atoms with Crippen LogP contribution in [0.15, 0.2) is 115 Å². The lowest BCUT2D eigenvalue weighted by molar-refractivity contribution is 0.0935. The Morgan fingerprint density at radius 2 is 0.969 bits per heavy atom. The van der Waals surface area contributed by atoms with Gasteiger partial charge in [0.1, 0.15) is 44.6 Å². The van der Waals surface area contributed by atoms with E-state index in [2.05, 4.69) is 50.6 Å². The van der Waals surface area contributed by atoms with Crippen molar-refractivity contribution in [2.75, 3.05) is 13.2 Å². The van der Waals surface area contributed by atoms with Gasteiger partial charge in [0.25, 0.3) is 5.82 Å². The number of carbonyl (C=O) groups is 3. The summed E-state index contributed by atoms with van der Waals surface area (Å²) in [6.07, 6.45) is 13.0. The van der Waals surface area contributed by atoms with E-state index in [1.54, 1.807) is 56.4 Å². The van der Waals surface area contributed by atoms with Gasteiger partial charge in [-0.3, -0.25) is 28.4 Å². The molecular formula is C70H72N20O4S3. The SMILES string of the molecule is CCOCCc1sc(-c2cnn(C)c2C(=O)CC2CCn3nc(-c4ccccc4)nc3C2)nc1C.CCc1nnc(-c2cnn(C)c2C(=O)CC2CCn3nc(-c4ccccc4)nc3C2)s1.[C-]#[N+]c1csc(-c2cnn(C)c2C(=O)CC2CCn3nc(-c4ccccc4)nc3C2)n1. The third-order valence-electron chi connectivity index (χ3n) is 17.7. The predicted molar refractivity (Wildman–Crippen MR) is 370 cm³/mol. The van der Waals surface area contributed by atoms with E-state index < -0.39 is 0 Å². The molecule has 0 spiro atoms. The fourth-order valence-electron chi connectivity index (χ4n) is 12.6. The van der Waals surface area contributed by atoms with E-state index in [4.69, 9.17) is 31.2 Å². The zero-order valence-electron chi connectivity index (χ0n) is 54.8. The molecule has 24 nitrogen and oxygen atoms in total. The van der Waals surface area contributed by atoms with E-state index in [9.17, 15) is 14.4 Å². The van der Waals surface area contributed by atoms with Gasteiger partial charge in [-0.05, 0) is 57.3 Å². The van der Waals surface area contributed by atoms with Gasteiger partial charge >= 0.3 is 0 Å². The maximum absolute atomic E-state index is 13.5. The molecule has 9 aromatic heterocycles. The molecule has 494 valence electrons. The Balaban J connectivity index is 0.000000132. The third-order valence-corrected chi connectivity index (χ3v) is 20.9. The molecule has 12 heterocycles. The van der Waals surface area contributed by atoms with Crippen LogP contribution in [-0.2, 0) is 77.6 Å². The van der Waals surface area contributed by atoms with Crippen LogP contribution in [0, 0.1) is 31.2 Å². The summed E-state index contributed by atoms with van der Waals surface area (Å²) >= 11 is 4.50. The van der Waals surface area contributed by atoms with Gasteiger partial charge in [-0.15, -0.1) is 37.9 Å². The number of thiazole rings is 2. The van der Waals surface area contributed by atoms with Gasteiger partial charge in [0, 0.05) is 119 Å². The Hall–Kier alpha value is -10.0. The van der Waals surface area contributed by atoms with Crippen molar-refractivity contribution < 1.29 is 19.1 Å². The molecule has 15 rings (SSSR count). The van der Waals surface area contributed by atoms with E-state index in [0.29, 0.717) is 65.9 Å². The van der Waals surface area contributed by atoms with E-state index >= 15 is 0 Å². The van der Waals surface area contributed by atoms with Gasteiger partial charge in [-0.2, -0.15) is 30.6 Å². The number of hydrogen-bond donors (Lipinski definition) is 0. The van der Waals surface area contributed by atoms with Crippen LogP contribution in [0.25, 0.3) is 70.7 Å². The van der Waals surface area contributed by atoms with Crippen LogP contribution in [0.4, 0.5) is 5.82 Å². The van der Waals surface area contributed by atoms with E-state index in [1.165, 1.54) is 27.6 Å². The first-order valence-corrected chi connectivity index (χ1v) is 35.1. The van der Waals surface area contributed by atoms with Crippen molar-refractivity contribution in [1.82, 2.24) is 93.8 Å². The summed E-state index contributed by atoms with van der Waals surface area (Å²) in [4.78, 5) is 67.8. The van der Waals surface area contributed by atoms with Crippen molar-refractivity contribution >= 4 is 57.2 Å². The Kier molecular flexibility index (Phi) is 20.0. The highest BCUT2D eigenvalue weighted by Crippen LogP contribution is 2.36. The molecule has 0 fully saturated rings. The average molecular weight is 1350 g/mol. The van der Waals surface area contributed by atoms with E-state index in [0.717, 1.165) is 154 Å². The molecule has 3 aliphatic heterocycles. The number of carbonyl (C=O) groups excluding carboxylic acids is 3. The maximum atomic E-state index is 13.5. The molecule has 97 heavy (non-hydrogen) atoms. The van der Waals surface area contributed by atoms with Crippen LogP contribution in [0.5, 0.6) is 0 Å². The molecule has 0 amide bonds. The number of ketones is 3. The largest absolute Gasteiger partial charge is 0.381 e. The van der Waals surface area contributed by atoms with Gasteiger partial charge in [0.05, 0.1) is 47.6 Å². The van der Waals surface area contributed by atoms with Crippen molar-refractivity contribution in [3.8, 4) is 65.9 Å². The number of fused-ring (bicyclic) bond motifs is 3. The first-order valence-electron chi connectivity index (χ1n) is 32.6. The highest BCUT2D eigenvalue weighted by molar-refractivity contribution is 7.15. The summed E-state index contributed by atoms with van der Waals surface area (Å²) in [5.41, 5.74) is 8.09. The first kappa shape index (κ1) is 65.6. The van der Waals surface area contributed by atoms with E-state index in [1.807, 2.05) is 140 Å². The summed E-state index contributed by atoms with van der Waals surface area (Å²) in [6, 6.07) is 30.0. The van der Waals surface area contributed by atoms with Crippen LogP contribution in [-0.4, -0.2) is 124 Å². The predicted octanol–water partition coefficient (Wildman–Crippen LogP) is 12.3. The second-order valence-electron chi connectivity index (χ2n) is 24.3. The minimum Gasteiger partial charge on any atom is -0.381 e. The van der Waals surface area contributed by atoms with Crippen molar-refractivity contribution in [3.63, 3.8) is 0 Å². The lowest BCUT2D eigenvalue weighted by Crippen LogP contribution is -2.23. The smallest absolute Gasteiger partial charge is 0.281 e. The fraction of sp³-hybridized carbons (Fsp3) is 0.357. The summed E-state index contributed by atoms with van der Waals surface area (Å²) in [5.74, 6) is 6.28. The Morgan fingerprint density at radius 1 is 0.546 bits per heavy atom. The van der Waals surface area contributed by atoms with Crippen LogP contribution >= 0.6 is 34.0 Å². The van der Waals surface area contributed by atoms with Crippen LogP contribution in [0.1, 0.15) is 117 Å². The molecule has 3 aromatic carbocycles. The van der Waals surface area contributed by atoms with Gasteiger partial charge < -0.3 is 9.58 Å². The zero-order valence-corrected chi connectivity index (χ0v) is 57.3. The molecule has 3 unspecified atom stereocenters. The standard InChI is InChI=1S/C26H30N6O2S.C22H19N7OS.C22H23N7OS/c1-4-34-13-11-22-17(2)28-26(35-22)20-16-27-31(3)24(20)21(33)14-18-10-12-32-23(15-18)29-25(30-32)19-8-6-5-7-9-19;1-23-18-13-31-22(25-18)16-12-24-28(2)20(16)17(30)10-14-8-9-29-19(11-14)26-21(27-29)15-6-4-3-5-7-15;1-3-19-25-26-22(31-19)16-13-23-28(2)20(16)17(30)11-14-9-10-29-18(12-14)24-21(27-29)15-7-5-4-6-8-15/h5-9,16,18H,4,10-15H2,1-3H3;3-7,12-14H,8-11H2,2H3;4-8,13-14H,3,9-12H2,1-2H3. The topological polar surface area (TPSA) is 262 Å². The molecule has 0 bridgehead atoms. The minimum atomic E-state index is 0.0378. The molecule has 3 atom stereocenters. The Morgan fingerprint density at radius 3 is 1.36 bits per heavy atom. The molecule has 0 saturated heterocycles.